The van der Waals surface area contributed by atoms with Gasteiger partial charge in [0.1, 0.15) is 5.82 Å². The lowest BCUT2D eigenvalue weighted by Crippen LogP contribution is -2.09. The molecule has 0 aliphatic heterocycles. The summed E-state index contributed by atoms with van der Waals surface area (Å²) in [7, 11) is -3.55. The summed E-state index contributed by atoms with van der Waals surface area (Å²) in [4.78, 5) is 0.0289. The van der Waals surface area contributed by atoms with Crippen molar-refractivity contribution in [2.24, 2.45) is 0 Å². The predicted octanol–water partition coefficient (Wildman–Crippen LogP) is 5.16. The molecule has 0 saturated carbocycles. The Balaban J connectivity index is 1.52. The molecule has 0 unspecified atom stereocenters. The van der Waals surface area contributed by atoms with E-state index >= 15 is 0 Å². The number of sulfone groups is 1. The molecule has 0 bridgehead atoms. The standard InChI is InChI=1S/C17H14Cl2FN3O2S3/c18-12-3-6-14(19)15(9-12)28(24,25)8-7-26-17-23-22-16(27-17)21-10-11-1-4-13(20)5-2-11/h1-6,9H,7-8,10H2,(H,21,22). The Kier molecular flexibility index (Phi) is 7.16. The SMILES string of the molecule is O=S(=O)(CCSc1nnc(NCc2ccc(F)cc2)s1)c1cc(Cl)ccc1Cl. The molecule has 0 atom stereocenters. The van der Waals surface area contributed by atoms with Crippen LogP contribution in [0.1, 0.15) is 5.56 Å². The molecule has 0 amide bonds. The van der Waals surface area contributed by atoms with Crippen molar-refractivity contribution in [3.05, 3.63) is 63.9 Å². The average Bonchev–Trinajstić information content (AvgIpc) is 3.11. The van der Waals surface area contributed by atoms with Crippen LogP contribution in [0.15, 0.2) is 51.7 Å². The Morgan fingerprint density at radius 2 is 1.86 bits per heavy atom. The summed E-state index contributed by atoms with van der Waals surface area (Å²) in [5, 5.41) is 12.2. The predicted molar refractivity (Wildman–Crippen MR) is 113 cm³/mol. The summed E-state index contributed by atoms with van der Waals surface area (Å²) in [6.45, 7) is 0.487. The molecule has 5 nitrogen and oxygen atoms in total. The summed E-state index contributed by atoms with van der Waals surface area (Å²) in [5.74, 6) is -0.0830. The summed E-state index contributed by atoms with van der Waals surface area (Å²) in [6.07, 6.45) is 0. The molecule has 3 aromatic rings. The number of rotatable bonds is 8. The first kappa shape index (κ1) is 21.3. The van der Waals surface area contributed by atoms with Crippen LogP contribution in [0.25, 0.3) is 0 Å². The van der Waals surface area contributed by atoms with E-state index in [0.717, 1.165) is 5.56 Å². The maximum Gasteiger partial charge on any atom is 0.206 e. The summed E-state index contributed by atoms with van der Waals surface area (Å²) < 4.78 is 38.5. The number of anilines is 1. The molecule has 0 saturated heterocycles. The summed E-state index contributed by atoms with van der Waals surface area (Å²) in [6, 6.07) is 10.5. The van der Waals surface area contributed by atoms with Crippen molar-refractivity contribution in [2.75, 3.05) is 16.8 Å². The van der Waals surface area contributed by atoms with Gasteiger partial charge in [-0.25, -0.2) is 12.8 Å². The fourth-order valence-electron chi connectivity index (χ4n) is 2.18. The lowest BCUT2D eigenvalue weighted by molar-refractivity contribution is 0.597. The van der Waals surface area contributed by atoms with Gasteiger partial charge < -0.3 is 5.32 Å². The van der Waals surface area contributed by atoms with Crippen LogP contribution in [0, 0.1) is 5.82 Å². The van der Waals surface area contributed by atoms with Crippen molar-refractivity contribution in [2.45, 2.75) is 15.8 Å². The van der Waals surface area contributed by atoms with Gasteiger partial charge in [0, 0.05) is 17.3 Å². The second kappa shape index (κ2) is 9.41. The van der Waals surface area contributed by atoms with Gasteiger partial charge in [-0.2, -0.15) is 0 Å². The number of halogens is 3. The molecule has 0 spiro atoms. The van der Waals surface area contributed by atoms with Crippen molar-refractivity contribution in [1.29, 1.82) is 0 Å². The van der Waals surface area contributed by atoms with Gasteiger partial charge in [-0.1, -0.05) is 58.4 Å². The van der Waals surface area contributed by atoms with Crippen molar-refractivity contribution in [3.63, 3.8) is 0 Å². The molecular formula is C17H14Cl2FN3O2S3. The maximum atomic E-state index is 12.9. The first-order valence-corrected chi connectivity index (χ1v) is 12.2. The highest BCUT2D eigenvalue weighted by atomic mass is 35.5. The quantitative estimate of drug-likeness (QED) is 0.451. The van der Waals surface area contributed by atoms with Crippen LogP contribution in [0.3, 0.4) is 0 Å². The zero-order chi connectivity index (χ0) is 20.1. The van der Waals surface area contributed by atoms with E-state index in [4.69, 9.17) is 23.2 Å². The van der Waals surface area contributed by atoms with Crippen molar-refractivity contribution in [3.8, 4) is 0 Å². The largest absolute Gasteiger partial charge is 0.356 e. The monoisotopic (exact) mass is 477 g/mol. The molecule has 11 heteroatoms. The first-order valence-electron chi connectivity index (χ1n) is 7.96. The summed E-state index contributed by atoms with van der Waals surface area (Å²) >= 11 is 14.5. The highest BCUT2D eigenvalue weighted by Crippen LogP contribution is 2.29. The Labute approximate surface area is 180 Å². The topological polar surface area (TPSA) is 72.0 Å². The van der Waals surface area contributed by atoms with Crippen LogP contribution >= 0.6 is 46.3 Å². The van der Waals surface area contributed by atoms with E-state index < -0.39 is 9.84 Å². The summed E-state index contributed by atoms with van der Waals surface area (Å²) in [5.41, 5.74) is 0.912. The smallest absolute Gasteiger partial charge is 0.206 e. The van der Waals surface area contributed by atoms with Crippen LogP contribution in [0.2, 0.25) is 10.0 Å². The van der Waals surface area contributed by atoms with E-state index in [1.165, 1.54) is 47.4 Å². The Hall–Kier alpha value is -1.39. The fourth-order valence-corrected chi connectivity index (χ4v) is 6.46. The molecule has 28 heavy (non-hydrogen) atoms. The fraction of sp³-hybridized carbons (Fsp3) is 0.176. The first-order chi connectivity index (χ1) is 13.3. The van der Waals surface area contributed by atoms with Gasteiger partial charge in [0.05, 0.1) is 15.7 Å². The van der Waals surface area contributed by atoms with Crippen molar-refractivity contribution < 1.29 is 12.8 Å². The van der Waals surface area contributed by atoms with Crippen LogP contribution < -0.4 is 5.32 Å². The molecule has 0 aliphatic rings. The molecule has 3 rings (SSSR count). The van der Waals surface area contributed by atoms with Crippen LogP contribution in [0.5, 0.6) is 0 Å². The van der Waals surface area contributed by atoms with E-state index in [-0.39, 0.29) is 21.5 Å². The van der Waals surface area contributed by atoms with Gasteiger partial charge in [-0.15, -0.1) is 10.2 Å². The number of hydrogen-bond acceptors (Lipinski definition) is 7. The molecule has 0 radical (unpaired) electrons. The van der Waals surface area contributed by atoms with E-state index in [9.17, 15) is 12.8 Å². The van der Waals surface area contributed by atoms with Crippen LogP contribution in [-0.4, -0.2) is 30.1 Å². The lowest BCUT2D eigenvalue weighted by Gasteiger charge is -2.06. The molecule has 1 N–H and O–H groups in total. The van der Waals surface area contributed by atoms with Gasteiger partial charge in [0.25, 0.3) is 0 Å². The molecule has 2 aromatic carbocycles. The molecule has 1 heterocycles. The minimum absolute atomic E-state index is 0.0289. The Morgan fingerprint density at radius 3 is 2.61 bits per heavy atom. The molecule has 1 aromatic heterocycles. The number of aromatic nitrogens is 2. The maximum absolute atomic E-state index is 12.9. The second-order valence-corrected chi connectivity index (χ2v) is 10.8. The van der Waals surface area contributed by atoms with E-state index in [1.54, 1.807) is 18.2 Å². The number of benzene rings is 2. The highest BCUT2D eigenvalue weighted by Gasteiger charge is 2.19. The Bertz CT molecular complexity index is 1060. The third-order valence-corrected chi connectivity index (χ3v) is 8.27. The van der Waals surface area contributed by atoms with E-state index in [1.807, 2.05) is 0 Å². The van der Waals surface area contributed by atoms with Gasteiger partial charge >= 0.3 is 0 Å². The normalized spacial score (nSPS) is 11.5. The van der Waals surface area contributed by atoms with Gasteiger partial charge in [-0.05, 0) is 35.9 Å². The average molecular weight is 478 g/mol. The van der Waals surface area contributed by atoms with Gasteiger partial charge in [0.2, 0.25) is 5.13 Å². The molecule has 148 valence electrons. The number of hydrogen-bond donors (Lipinski definition) is 1. The Morgan fingerprint density at radius 1 is 1.11 bits per heavy atom. The van der Waals surface area contributed by atoms with Crippen LogP contribution in [-0.2, 0) is 16.4 Å². The number of nitrogens with zero attached hydrogens (tertiary/aromatic N) is 2. The van der Waals surface area contributed by atoms with E-state index in [2.05, 4.69) is 15.5 Å². The van der Waals surface area contributed by atoms with Crippen LogP contribution in [0.4, 0.5) is 9.52 Å². The minimum Gasteiger partial charge on any atom is -0.356 e. The highest BCUT2D eigenvalue weighted by molar-refractivity contribution is 8.02. The van der Waals surface area contributed by atoms with E-state index in [0.29, 0.717) is 26.8 Å². The van der Waals surface area contributed by atoms with Crippen molar-refractivity contribution in [1.82, 2.24) is 10.2 Å². The zero-order valence-corrected chi connectivity index (χ0v) is 18.2. The third-order valence-electron chi connectivity index (χ3n) is 3.57. The van der Waals surface area contributed by atoms with Crippen molar-refractivity contribution >= 4 is 61.3 Å². The molecule has 0 fully saturated rings. The minimum atomic E-state index is -3.55. The number of nitrogens with one attached hydrogen (secondary N) is 1. The molecular weight excluding hydrogens is 464 g/mol. The molecule has 0 aliphatic carbocycles. The zero-order valence-electron chi connectivity index (χ0n) is 14.2. The number of thioether (sulfide) groups is 1. The van der Waals surface area contributed by atoms with Gasteiger partial charge in [0.15, 0.2) is 14.2 Å². The lowest BCUT2D eigenvalue weighted by atomic mass is 10.2. The third kappa shape index (κ3) is 5.81. The van der Waals surface area contributed by atoms with Gasteiger partial charge in [-0.3, -0.25) is 0 Å². The second-order valence-electron chi connectivity index (χ2n) is 5.60.